The second kappa shape index (κ2) is 9.68. The van der Waals surface area contributed by atoms with Gasteiger partial charge in [0.05, 0.1) is 34.5 Å². The minimum Gasteiger partial charge on any atom is -0.491 e. The Morgan fingerprint density at radius 1 is 0.868 bits per heavy atom. The average Bonchev–Trinajstić information content (AvgIpc) is 3.73. The van der Waals surface area contributed by atoms with Gasteiger partial charge in [0.1, 0.15) is 23.6 Å². The summed E-state index contributed by atoms with van der Waals surface area (Å²) in [5, 5.41) is 8.69. The Labute approximate surface area is 219 Å². The van der Waals surface area contributed by atoms with E-state index in [1.54, 1.807) is 18.6 Å². The first kappa shape index (κ1) is 22.6. The summed E-state index contributed by atoms with van der Waals surface area (Å²) < 4.78 is 6.01. The predicted molar refractivity (Wildman–Crippen MR) is 147 cm³/mol. The van der Waals surface area contributed by atoms with Gasteiger partial charge in [-0.3, -0.25) is 25.0 Å². The lowest BCUT2D eigenvalue weighted by Crippen LogP contribution is -2.25. The molecule has 9 nitrogen and oxygen atoms in total. The predicted octanol–water partition coefficient (Wildman–Crippen LogP) is 5.10. The highest BCUT2D eigenvalue weighted by Crippen LogP contribution is 2.32. The van der Waals surface area contributed by atoms with Crippen LogP contribution in [0.5, 0.6) is 5.75 Å². The minimum atomic E-state index is 0.652. The quantitative estimate of drug-likeness (QED) is 0.313. The number of ether oxygens (including phenoxy) is 1. The second-order valence-corrected chi connectivity index (χ2v) is 9.49. The van der Waals surface area contributed by atoms with Crippen molar-refractivity contribution in [1.29, 1.82) is 0 Å². The Hall–Kier alpha value is -4.63. The zero-order chi connectivity index (χ0) is 25.3. The van der Waals surface area contributed by atoms with E-state index in [4.69, 9.17) is 9.72 Å². The van der Waals surface area contributed by atoms with E-state index in [2.05, 4.69) is 41.1 Å². The fourth-order valence-corrected chi connectivity index (χ4v) is 5.07. The summed E-state index contributed by atoms with van der Waals surface area (Å²) in [7, 11) is 0. The van der Waals surface area contributed by atoms with Crippen LogP contribution in [-0.2, 0) is 0 Å². The summed E-state index contributed by atoms with van der Waals surface area (Å²) in [6, 6.07) is 15.8. The van der Waals surface area contributed by atoms with Crippen LogP contribution in [0.1, 0.15) is 12.8 Å². The van der Waals surface area contributed by atoms with E-state index < -0.39 is 0 Å². The lowest BCUT2D eigenvalue weighted by Gasteiger charge is -2.15. The number of pyridine rings is 4. The van der Waals surface area contributed by atoms with Crippen molar-refractivity contribution in [2.75, 3.05) is 26.2 Å². The Kier molecular flexibility index (Phi) is 5.75. The first-order valence-corrected chi connectivity index (χ1v) is 12.9. The van der Waals surface area contributed by atoms with E-state index >= 15 is 0 Å². The molecule has 0 atom stereocenters. The number of nitrogens with one attached hydrogen (secondary N) is 2. The van der Waals surface area contributed by atoms with Crippen LogP contribution < -0.4 is 4.74 Å². The summed E-state index contributed by atoms with van der Waals surface area (Å²) in [6.07, 6.45) is 9.70. The summed E-state index contributed by atoms with van der Waals surface area (Å²) in [6.45, 7) is 3.92. The molecular formula is C29H26N8O. The maximum absolute atomic E-state index is 6.01. The van der Waals surface area contributed by atoms with E-state index in [0.29, 0.717) is 6.61 Å². The molecule has 2 N–H and O–H groups in total. The van der Waals surface area contributed by atoms with Crippen LogP contribution in [0.3, 0.4) is 0 Å². The van der Waals surface area contributed by atoms with Gasteiger partial charge in [-0.15, -0.1) is 0 Å². The van der Waals surface area contributed by atoms with E-state index in [0.717, 1.165) is 81.4 Å². The van der Waals surface area contributed by atoms with E-state index in [1.807, 2.05) is 48.7 Å². The van der Waals surface area contributed by atoms with Crippen molar-refractivity contribution >= 4 is 21.9 Å². The lowest BCUT2D eigenvalue weighted by atomic mass is 10.1. The van der Waals surface area contributed by atoms with Crippen LogP contribution >= 0.6 is 0 Å². The number of aromatic amines is 2. The van der Waals surface area contributed by atoms with Crippen molar-refractivity contribution in [2.24, 2.45) is 0 Å². The zero-order valence-corrected chi connectivity index (χ0v) is 20.8. The topological polar surface area (TPSA) is 108 Å². The average molecular weight is 503 g/mol. The molecule has 0 saturated carbocycles. The van der Waals surface area contributed by atoms with Crippen LogP contribution in [0.4, 0.5) is 0 Å². The van der Waals surface area contributed by atoms with Crippen LogP contribution in [0.25, 0.3) is 56.0 Å². The maximum atomic E-state index is 6.01. The second-order valence-electron chi connectivity index (χ2n) is 9.49. The highest BCUT2D eigenvalue weighted by Gasteiger charge is 2.17. The highest BCUT2D eigenvalue weighted by atomic mass is 16.5. The number of fused-ring (bicyclic) bond motifs is 2. The molecule has 0 spiro atoms. The molecule has 1 aliphatic rings. The molecule has 0 bridgehead atoms. The molecule has 1 saturated heterocycles. The molecule has 0 radical (unpaired) electrons. The third-order valence-corrected chi connectivity index (χ3v) is 7.00. The summed E-state index contributed by atoms with van der Waals surface area (Å²) in [4.78, 5) is 24.4. The monoisotopic (exact) mass is 502 g/mol. The molecule has 38 heavy (non-hydrogen) atoms. The number of likely N-dealkylation sites (tertiary alicyclic amines) is 1. The molecular weight excluding hydrogens is 476 g/mol. The largest absolute Gasteiger partial charge is 0.491 e. The SMILES string of the molecule is c1ccc(-c2nccc3[nH]c(-c4n[nH]c5ccc(-c6cncc(OCCN7CCCC7)c6)nc45)cc23)nc1. The molecule has 7 rings (SSSR count). The summed E-state index contributed by atoms with van der Waals surface area (Å²) in [5.74, 6) is 0.751. The van der Waals surface area contributed by atoms with Gasteiger partial charge in [-0.05, 0) is 68.4 Å². The van der Waals surface area contributed by atoms with Crippen molar-refractivity contribution in [1.82, 2.24) is 40.0 Å². The molecule has 1 fully saturated rings. The van der Waals surface area contributed by atoms with Crippen molar-refractivity contribution < 1.29 is 4.74 Å². The molecule has 188 valence electrons. The van der Waals surface area contributed by atoms with E-state index in [1.165, 1.54) is 12.8 Å². The standard InChI is InChI=1S/C29H26N8O/c1-2-9-31-24(5-1)27-21-16-26(33-23(21)8-10-32-27)29-28-25(35-36-29)7-6-22(34-28)19-15-20(18-30-17-19)38-14-13-37-11-3-4-12-37/h1-2,5-10,15-18,33H,3-4,11-14H2,(H,35,36). The van der Waals surface area contributed by atoms with Gasteiger partial charge in [0.2, 0.25) is 0 Å². The molecule has 1 aliphatic heterocycles. The van der Waals surface area contributed by atoms with Gasteiger partial charge in [0, 0.05) is 41.6 Å². The van der Waals surface area contributed by atoms with Gasteiger partial charge in [-0.25, -0.2) is 4.98 Å². The number of H-pyrrole nitrogens is 2. The fourth-order valence-electron chi connectivity index (χ4n) is 5.07. The van der Waals surface area contributed by atoms with Crippen molar-refractivity contribution in [3.63, 3.8) is 0 Å². The van der Waals surface area contributed by atoms with Gasteiger partial charge >= 0.3 is 0 Å². The van der Waals surface area contributed by atoms with Crippen LogP contribution in [0.15, 0.2) is 73.3 Å². The third kappa shape index (κ3) is 4.26. The number of hydrogen-bond acceptors (Lipinski definition) is 7. The van der Waals surface area contributed by atoms with Crippen molar-refractivity contribution in [3.05, 3.63) is 73.3 Å². The van der Waals surface area contributed by atoms with Crippen LogP contribution in [0.2, 0.25) is 0 Å². The van der Waals surface area contributed by atoms with E-state index in [-0.39, 0.29) is 0 Å². The number of hydrogen-bond donors (Lipinski definition) is 2. The smallest absolute Gasteiger partial charge is 0.138 e. The molecule has 6 aromatic heterocycles. The number of rotatable bonds is 7. The van der Waals surface area contributed by atoms with Crippen LogP contribution in [-0.4, -0.2) is 66.3 Å². The van der Waals surface area contributed by atoms with E-state index in [9.17, 15) is 0 Å². The summed E-state index contributed by atoms with van der Waals surface area (Å²) in [5.41, 5.74) is 7.57. The van der Waals surface area contributed by atoms with Gasteiger partial charge in [0.15, 0.2) is 0 Å². The molecule has 0 amide bonds. The fraction of sp³-hybridized carbons (Fsp3) is 0.207. The molecule has 0 unspecified atom stereocenters. The first-order chi connectivity index (χ1) is 18.8. The molecule has 6 aromatic rings. The van der Waals surface area contributed by atoms with Gasteiger partial charge in [-0.1, -0.05) is 6.07 Å². The molecule has 0 aromatic carbocycles. The summed E-state index contributed by atoms with van der Waals surface area (Å²) >= 11 is 0. The Balaban J connectivity index is 1.20. The Bertz CT molecular complexity index is 1720. The Morgan fingerprint density at radius 3 is 2.71 bits per heavy atom. The lowest BCUT2D eigenvalue weighted by molar-refractivity contribution is 0.237. The van der Waals surface area contributed by atoms with Crippen molar-refractivity contribution in [3.8, 4) is 39.8 Å². The minimum absolute atomic E-state index is 0.652. The zero-order valence-electron chi connectivity index (χ0n) is 20.8. The van der Waals surface area contributed by atoms with Crippen molar-refractivity contribution in [2.45, 2.75) is 12.8 Å². The van der Waals surface area contributed by atoms with Gasteiger partial charge in [0.25, 0.3) is 0 Å². The third-order valence-electron chi connectivity index (χ3n) is 7.00. The number of nitrogens with zero attached hydrogens (tertiary/aromatic N) is 6. The molecule has 7 heterocycles. The molecule has 9 heteroatoms. The van der Waals surface area contributed by atoms with Gasteiger partial charge < -0.3 is 9.72 Å². The first-order valence-electron chi connectivity index (χ1n) is 12.9. The van der Waals surface area contributed by atoms with Crippen LogP contribution in [0, 0.1) is 0 Å². The highest BCUT2D eigenvalue weighted by molar-refractivity contribution is 5.98. The molecule has 0 aliphatic carbocycles. The van der Waals surface area contributed by atoms with Gasteiger partial charge in [-0.2, -0.15) is 5.10 Å². The maximum Gasteiger partial charge on any atom is 0.138 e. The Morgan fingerprint density at radius 2 is 1.82 bits per heavy atom. The number of aromatic nitrogens is 7. The normalized spacial score (nSPS) is 14.0.